The number of rotatable bonds is 4. The SMILES string of the molecule is C=CCC(C)SC(C)=NCC. The van der Waals surface area contributed by atoms with Gasteiger partial charge in [0.25, 0.3) is 0 Å². The van der Waals surface area contributed by atoms with E-state index in [2.05, 4.69) is 32.3 Å². The lowest BCUT2D eigenvalue weighted by Crippen LogP contribution is -1.98. The van der Waals surface area contributed by atoms with E-state index < -0.39 is 0 Å². The summed E-state index contributed by atoms with van der Waals surface area (Å²) in [6, 6.07) is 0. The maximum absolute atomic E-state index is 4.29. The lowest BCUT2D eigenvalue weighted by atomic mass is 10.3. The highest BCUT2D eigenvalue weighted by molar-refractivity contribution is 8.14. The molecule has 0 rings (SSSR count). The highest BCUT2D eigenvalue weighted by atomic mass is 32.2. The van der Waals surface area contributed by atoms with Crippen molar-refractivity contribution >= 4 is 16.8 Å². The molecule has 1 nitrogen and oxygen atoms in total. The van der Waals surface area contributed by atoms with E-state index in [9.17, 15) is 0 Å². The first kappa shape index (κ1) is 10.8. The van der Waals surface area contributed by atoms with Crippen molar-refractivity contribution in [3.8, 4) is 0 Å². The molecule has 0 N–H and O–H groups in total. The van der Waals surface area contributed by atoms with Crippen molar-refractivity contribution in [1.29, 1.82) is 0 Å². The molecule has 0 heterocycles. The Morgan fingerprint density at radius 1 is 1.73 bits per heavy atom. The van der Waals surface area contributed by atoms with Crippen LogP contribution in [0, 0.1) is 0 Å². The molecule has 1 atom stereocenters. The molecule has 0 aliphatic rings. The summed E-state index contributed by atoms with van der Waals surface area (Å²) < 4.78 is 0. The molecule has 0 aromatic rings. The summed E-state index contributed by atoms with van der Waals surface area (Å²) in [4.78, 5) is 4.29. The standard InChI is InChI=1S/C9H17NS/c1-5-7-8(3)11-9(4)10-6-2/h5,8H,1,6-7H2,2-4H3. The van der Waals surface area contributed by atoms with Gasteiger partial charge >= 0.3 is 0 Å². The summed E-state index contributed by atoms with van der Waals surface area (Å²) in [6.07, 6.45) is 3.01. The predicted octanol–water partition coefficient (Wildman–Crippen LogP) is 3.12. The topological polar surface area (TPSA) is 12.4 Å². The van der Waals surface area contributed by atoms with Crippen LogP contribution in [0.5, 0.6) is 0 Å². The summed E-state index contributed by atoms with van der Waals surface area (Å²) in [7, 11) is 0. The van der Waals surface area contributed by atoms with Gasteiger partial charge in [-0.3, -0.25) is 4.99 Å². The van der Waals surface area contributed by atoms with Crippen molar-refractivity contribution in [3.63, 3.8) is 0 Å². The molecule has 64 valence electrons. The van der Waals surface area contributed by atoms with Gasteiger partial charge in [0.2, 0.25) is 0 Å². The third-order valence-corrected chi connectivity index (χ3v) is 2.32. The first-order valence-corrected chi connectivity index (χ1v) is 4.87. The second kappa shape index (κ2) is 6.47. The fourth-order valence-electron chi connectivity index (χ4n) is 0.834. The number of allylic oxidation sites excluding steroid dienone is 1. The first-order chi connectivity index (χ1) is 5.20. The third-order valence-electron chi connectivity index (χ3n) is 1.25. The van der Waals surface area contributed by atoms with Gasteiger partial charge in [0, 0.05) is 11.8 Å². The van der Waals surface area contributed by atoms with Crippen molar-refractivity contribution in [2.75, 3.05) is 6.54 Å². The average Bonchev–Trinajstić information content (AvgIpc) is 1.87. The van der Waals surface area contributed by atoms with E-state index in [0.29, 0.717) is 5.25 Å². The molecule has 2 heteroatoms. The van der Waals surface area contributed by atoms with Crippen molar-refractivity contribution in [2.24, 2.45) is 4.99 Å². The van der Waals surface area contributed by atoms with Crippen LogP contribution in [0.25, 0.3) is 0 Å². The number of thioether (sulfide) groups is 1. The van der Waals surface area contributed by atoms with Gasteiger partial charge in [-0.25, -0.2) is 0 Å². The second-order valence-corrected chi connectivity index (χ2v) is 4.08. The van der Waals surface area contributed by atoms with Gasteiger partial charge in [0.05, 0.1) is 5.04 Å². The van der Waals surface area contributed by atoms with Crippen LogP contribution in [0.3, 0.4) is 0 Å². The Kier molecular flexibility index (Phi) is 6.33. The van der Waals surface area contributed by atoms with E-state index in [-0.39, 0.29) is 0 Å². The van der Waals surface area contributed by atoms with Crippen LogP contribution in [0.15, 0.2) is 17.6 Å². The van der Waals surface area contributed by atoms with Crippen LogP contribution < -0.4 is 0 Å². The maximum Gasteiger partial charge on any atom is 0.0647 e. The van der Waals surface area contributed by atoms with E-state index in [4.69, 9.17) is 0 Å². The van der Waals surface area contributed by atoms with Crippen LogP contribution in [0.2, 0.25) is 0 Å². The minimum Gasteiger partial charge on any atom is -0.284 e. The normalized spacial score (nSPS) is 14.6. The Morgan fingerprint density at radius 2 is 2.36 bits per heavy atom. The highest BCUT2D eigenvalue weighted by Crippen LogP contribution is 2.15. The van der Waals surface area contributed by atoms with Gasteiger partial charge in [-0.1, -0.05) is 13.0 Å². The molecular formula is C9H17NS. The van der Waals surface area contributed by atoms with Crippen LogP contribution in [-0.4, -0.2) is 16.8 Å². The largest absolute Gasteiger partial charge is 0.284 e. The smallest absolute Gasteiger partial charge is 0.0647 e. The lowest BCUT2D eigenvalue weighted by Gasteiger charge is -2.06. The Balaban J connectivity index is 3.64. The average molecular weight is 171 g/mol. The molecule has 0 aliphatic carbocycles. The van der Waals surface area contributed by atoms with Crippen molar-refractivity contribution in [1.82, 2.24) is 0 Å². The van der Waals surface area contributed by atoms with Gasteiger partial charge in [-0.15, -0.1) is 18.3 Å². The monoisotopic (exact) mass is 171 g/mol. The maximum atomic E-state index is 4.29. The van der Waals surface area contributed by atoms with E-state index in [1.165, 1.54) is 5.04 Å². The van der Waals surface area contributed by atoms with Crippen LogP contribution in [-0.2, 0) is 0 Å². The third kappa shape index (κ3) is 6.17. The summed E-state index contributed by atoms with van der Waals surface area (Å²) in [5.41, 5.74) is 0. The molecular weight excluding hydrogens is 154 g/mol. The molecule has 0 fully saturated rings. The first-order valence-electron chi connectivity index (χ1n) is 3.99. The zero-order valence-corrected chi connectivity index (χ0v) is 8.45. The molecule has 0 radical (unpaired) electrons. The minimum atomic E-state index is 0.614. The van der Waals surface area contributed by atoms with E-state index >= 15 is 0 Å². The zero-order chi connectivity index (χ0) is 8.69. The van der Waals surface area contributed by atoms with E-state index in [0.717, 1.165) is 13.0 Å². The molecule has 0 aliphatic heterocycles. The van der Waals surface area contributed by atoms with Crippen LogP contribution in [0.4, 0.5) is 0 Å². The van der Waals surface area contributed by atoms with Gasteiger partial charge in [-0.05, 0) is 20.3 Å². The fraction of sp³-hybridized carbons (Fsp3) is 0.667. The Morgan fingerprint density at radius 3 is 2.82 bits per heavy atom. The number of hydrogen-bond donors (Lipinski definition) is 0. The van der Waals surface area contributed by atoms with Gasteiger partial charge in [0.1, 0.15) is 0 Å². The summed E-state index contributed by atoms with van der Waals surface area (Å²) >= 11 is 1.83. The molecule has 0 spiro atoms. The zero-order valence-electron chi connectivity index (χ0n) is 7.63. The molecule has 0 amide bonds. The van der Waals surface area contributed by atoms with Crippen LogP contribution >= 0.6 is 11.8 Å². The number of hydrogen-bond acceptors (Lipinski definition) is 2. The lowest BCUT2D eigenvalue weighted by molar-refractivity contribution is 0.989. The number of nitrogens with zero attached hydrogens (tertiary/aromatic N) is 1. The molecule has 0 aromatic heterocycles. The fourth-order valence-corrected chi connectivity index (χ4v) is 1.85. The summed E-state index contributed by atoms with van der Waals surface area (Å²) in [5, 5.41) is 1.80. The summed E-state index contributed by atoms with van der Waals surface area (Å²) in [6.45, 7) is 10.9. The van der Waals surface area contributed by atoms with Crippen molar-refractivity contribution in [2.45, 2.75) is 32.4 Å². The second-order valence-electron chi connectivity index (χ2n) is 2.45. The highest BCUT2D eigenvalue weighted by Gasteiger charge is 2.00. The van der Waals surface area contributed by atoms with Crippen LogP contribution in [0.1, 0.15) is 27.2 Å². The van der Waals surface area contributed by atoms with Crippen molar-refractivity contribution in [3.05, 3.63) is 12.7 Å². The minimum absolute atomic E-state index is 0.614. The molecule has 11 heavy (non-hydrogen) atoms. The summed E-state index contributed by atoms with van der Waals surface area (Å²) in [5.74, 6) is 0. The molecule has 0 aromatic carbocycles. The van der Waals surface area contributed by atoms with Gasteiger partial charge in [0.15, 0.2) is 0 Å². The molecule has 0 bridgehead atoms. The number of aliphatic imine (C=N–C) groups is 1. The predicted molar refractivity (Wildman–Crippen MR) is 55.5 cm³/mol. The quantitative estimate of drug-likeness (QED) is 0.359. The van der Waals surface area contributed by atoms with E-state index in [1.54, 1.807) is 0 Å². The Bertz CT molecular complexity index is 140. The molecule has 0 saturated carbocycles. The Labute approximate surface area is 74.0 Å². The molecule has 1 unspecified atom stereocenters. The van der Waals surface area contributed by atoms with E-state index in [1.807, 2.05) is 17.8 Å². The van der Waals surface area contributed by atoms with Gasteiger partial charge < -0.3 is 0 Å². The van der Waals surface area contributed by atoms with Crippen molar-refractivity contribution < 1.29 is 0 Å². The Hall–Kier alpha value is -0.240. The van der Waals surface area contributed by atoms with Gasteiger partial charge in [-0.2, -0.15) is 0 Å². The molecule has 0 saturated heterocycles.